The van der Waals surface area contributed by atoms with Gasteiger partial charge >= 0.3 is 37.9 Å². The Balaban J connectivity index is 0.00000105. The Hall–Kier alpha value is 0.0931. The fraction of sp³-hybridized carbons (Fsp3) is 0.400. The van der Waals surface area contributed by atoms with E-state index in [1.165, 1.54) is 16.4 Å². The number of aryl methyl sites for hydroxylation is 1. The second-order valence-electron chi connectivity index (χ2n) is 7.55. The molecule has 1 atom stereocenters. The molecule has 0 spiro atoms. The van der Waals surface area contributed by atoms with Gasteiger partial charge in [-0.3, -0.25) is 0 Å². The van der Waals surface area contributed by atoms with Gasteiger partial charge in [0.25, 0.3) is 0 Å². The van der Waals surface area contributed by atoms with Gasteiger partial charge in [-0.1, -0.05) is 59.7 Å². The van der Waals surface area contributed by atoms with Gasteiger partial charge in [0.2, 0.25) is 0 Å². The van der Waals surface area contributed by atoms with Crippen molar-refractivity contribution < 1.29 is 26.0 Å². The summed E-state index contributed by atoms with van der Waals surface area (Å²) in [5.74, 6) is 0.459. The van der Waals surface area contributed by atoms with E-state index in [2.05, 4.69) is 83.1 Å². The molecule has 6 heteroatoms. The normalized spacial score (nSPS) is 11.6. The van der Waals surface area contributed by atoms with E-state index in [4.69, 9.17) is 17.0 Å². The van der Waals surface area contributed by atoms with E-state index >= 15 is 0 Å². The average molecular weight is 492 g/mol. The maximum atomic E-state index is 10.8. The summed E-state index contributed by atoms with van der Waals surface area (Å²) in [6.45, 7) is 9.47. The summed E-state index contributed by atoms with van der Waals surface area (Å²) >= 11 is -0.826. The zero-order valence-electron chi connectivity index (χ0n) is 16.3. The molecule has 142 valence electrons. The number of phenols is 1. The SMILES string of the molecule is Cc1cc(Pc2ccccc2CN(C)C)c(O)c(C(C)(C)C)c1.[Cl][Zr][Cl]. The van der Waals surface area contributed by atoms with Crippen LogP contribution in [0.15, 0.2) is 36.4 Å². The van der Waals surface area contributed by atoms with Crippen LogP contribution in [-0.2, 0) is 32.8 Å². The third-order valence-electron chi connectivity index (χ3n) is 3.84. The first-order valence-corrected chi connectivity index (χ1v) is 15.7. The van der Waals surface area contributed by atoms with Crippen LogP contribution in [0.25, 0.3) is 0 Å². The van der Waals surface area contributed by atoms with Crippen molar-refractivity contribution in [2.24, 2.45) is 0 Å². The second-order valence-corrected chi connectivity index (χ2v) is 12.6. The number of phenolic OH excluding ortho intramolecular Hbond substituents is 1. The number of nitrogens with zero attached hydrogens (tertiary/aromatic N) is 1. The fourth-order valence-electron chi connectivity index (χ4n) is 2.71. The van der Waals surface area contributed by atoms with E-state index in [0.717, 1.165) is 17.4 Å². The van der Waals surface area contributed by atoms with Crippen LogP contribution in [0.3, 0.4) is 0 Å². The van der Waals surface area contributed by atoms with Gasteiger partial charge < -0.3 is 10.0 Å². The van der Waals surface area contributed by atoms with Crippen LogP contribution in [0, 0.1) is 6.92 Å². The Morgan fingerprint density at radius 2 is 1.65 bits per heavy atom. The first-order valence-electron chi connectivity index (χ1n) is 8.40. The Morgan fingerprint density at radius 3 is 2.19 bits per heavy atom. The Morgan fingerprint density at radius 1 is 1.08 bits per heavy atom. The molecule has 2 aromatic carbocycles. The van der Waals surface area contributed by atoms with Crippen LogP contribution in [0.2, 0.25) is 0 Å². The summed E-state index contributed by atoms with van der Waals surface area (Å²) in [5, 5.41) is 13.1. The van der Waals surface area contributed by atoms with Crippen molar-refractivity contribution in [3.8, 4) is 5.75 Å². The predicted octanol–water partition coefficient (Wildman–Crippen LogP) is 5.07. The number of benzene rings is 2. The monoisotopic (exact) mass is 489 g/mol. The van der Waals surface area contributed by atoms with E-state index < -0.39 is 20.8 Å². The van der Waals surface area contributed by atoms with Crippen molar-refractivity contribution in [1.82, 2.24) is 4.90 Å². The Kier molecular flexibility index (Phi) is 10.4. The molecule has 0 aliphatic heterocycles. The molecule has 0 bridgehead atoms. The molecule has 26 heavy (non-hydrogen) atoms. The molecular weight excluding hydrogens is 463 g/mol. The zero-order chi connectivity index (χ0) is 19.9. The molecule has 1 N–H and O–H groups in total. The number of hydrogen-bond donors (Lipinski definition) is 1. The van der Waals surface area contributed by atoms with Gasteiger partial charge in [0.1, 0.15) is 5.75 Å². The third-order valence-corrected chi connectivity index (χ3v) is 5.24. The Labute approximate surface area is 178 Å². The van der Waals surface area contributed by atoms with Gasteiger partial charge in [-0.15, -0.1) is 0 Å². The Bertz CT molecular complexity index is 717. The molecule has 0 aliphatic carbocycles. The van der Waals surface area contributed by atoms with Gasteiger partial charge in [-0.05, 0) is 48.9 Å². The summed E-state index contributed by atoms with van der Waals surface area (Å²) in [6, 6.07) is 12.8. The topological polar surface area (TPSA) is 23.5 Å². The predicted molar refractivity (Wildman–Crippen MR) is 115 cm³/mol. The first-order chi connectivity index (χ1) is 12.1. The van der Waals surface area contributed by atoms with Crippen molar-refractivity contribution in [2.45, 2.75) is 39.7 Å². The van der Waals surface area contributed by atoms with Crippen molar-refractivity contribution in [3.05, 3.63) is 53.1 Å². The molecule has 0 saturated heterocycles. The molecule has 0 fully saturated rings. The molecule has 2 aromatic rings. The van der Waals surface area contributed by atoms with Crippen molar-refractivity contribution >= 4 is 36.2 Å². The molecule has 0 aliphatic rings. The van der Waals surface area contributed by atoms with E-state index in [-0.39, 0.29) is 5.41 Å². The summed E-state index contributed by atoms with van der Waals surface area (Å²) in [4.78, 5) is 2.18. The van der Waals surface area contributed by atoms with Gasteiger partial charge in [0.05, 0.1) is 0 Å². The molecule has 0 aromatic heterocycles. The summed E-state index contributed by atoms with van der Waals surface area (Å²) in [7, 11) is 14.5. The molecule has 1 unspecified atom stereocenters. The van der Waals surface area contributed by atoms with Crippen molar-refractivity contribution in [2.75, 3.05) is 14.1 Å². The second kappa shape index (κ2) is 11.2. The van der Waals surface area contributed by atoms with Gasteiger partial charge in [0, 0.05) is 17.4 Å². The minimum absolute atomic E-state index is 0.0571. The van der Waals surface area contributed by atoms with Gasteiger partial charge in [-0.25, -0.2) is 0 Å². The molecule has 0 saturated carbocycles. The maximum absolute atomic E-state index is 10.8. The molecule has 0 amide bonds. The van der Waals surface area contributed by atoms with E-state index in [1.54, 1.807) is 0 Å². The number of rotatable bonds is 4. The van der Waals surface area contributed by atoms with E-state index in [1.807, 2.05) is 0 Å². The summed E-state index contributed by atoms with van der Waals surface area (Å²) in [6.07, 6.45) is 0. The van der Waals surface area contributed by atoms with E-state index in [9.17, 15) is 5.11 Å². The van der Waals surface area contributed by atoms with Crippen molar-refractivity contribution in [1.29, 1.82) is 0 Å². The molecule has 0 heterocycles. The minimum atomic E-state index is -0.826. The summed E-state index contributed by atoms with van der Waals surface area (Å²) in [5.41, 5.74) is 3.51. The van der Waals surface area contributed by atoms with Gasteiger partial charge in [-0.2, -0.15) is 0 Å². The van der Waals surface area contributed by atoms with Crippen LogP contribution < -0.4 is 10.6 Å². The van der Waals surface area contributed by atoms with E-state index in [0.29, 0.717) is 14.3 Å². The van der Waals surface area contributed by atoms with Crippen LogP contribution >= 0.6 is 25.6 Å². The van der Waals surface area contributed by atoms with Crippen LogP contribution in [0.1, 0.15) is 37.5 Å². The number of aromatic hydroxyl groups is 1. The third kappa shape index (κ3) is 7.61. The average Bonchev–Trinajstić information content (AvgIpc) is 2.51. The fourth-order valence-corrected chi connectivity index (χ4v) is 4.06. The standard InChI is InChI=1S/C20H28NOP.2ClH.Zr/c1-14-11-16(20(2,3)4)19(22)18(12-14)23-17-10-8-7-9-15(17)13-21(5)6;;;/h7-12,22-23H,13H2,1-6H3;2*1H;/q;;;+2/p-2. The first kappa shape index (κ1) is 24.1. The zero-order valence-corrected chi connectivity index (χ0v) is 21.3. The quantitative estimate of drug-likeness (QED) is 0.604. The summed E-state index contributed by atoms with van der Waals surface area (Å²) < 4.78 is 0. The van der Waals surface area contributed by atoms with Crippen LogP contribution in [0.5, 0.6) is 5.75 Å². The molecule has 0 radical (unpaired) electrons. The number of halogens is 2. The molecular formula is C20H28Cl2NOPZr. The van der Waals surface area contributed by atoms with Crippen LogP contribution in [0.4, 0.5) is 0 Å². The molecule has 2 nitrogen and oxygen atoms in total. The van der Waals surface area contributed by atoms with Gasteiger partial charge in [0.15, 0.2) is 0 Å². The molecule has 2 rings (SSSR count). The van der Waals surface area contributed by atoms with Crippen LogP contribution in [-0.4, -0.2) is 24.1 Å². The number of hydrogen-bond acceptors (Lipinski definition) is 2. The van der Waals surface area contributed by atoms with Crippen molar-refractivity contribution in [3.63, 3.8) is 0 Å².